The van der Waals surface area contributed by atoms with Crippen LogP contribution < -0.4 is 10.6 Å². The minimum Gasteiger partial charge on any atom is -0.351 e. The number of nitrogens with zero attached hydrogens (tertiary/aromatic N) is 1. The molecule has 0 bridgehead atoms. The molecule has 2 aromatic rings. The Bertz CT molecular complexity index is 704. The topological polar surface area (TPSA) is 71.1 Å². The first kappa shape index (κ1) is 16.6. The van der Waals surface area contributed by atoms with Gasteiger partial charge in [-0.15, -0.1) is 0 Å². The average Bonchev–Trinajstić information content (AvgIpc) is 2.55. The van der Waals surface area contributed by atoms with Crippen molar-refractivity contribution in [2.45, 2.75) is 19.8 Å². The Morgan fingerprint density at radius 1 is 1.17 bits per heavy atom. The molecule has 0 fully saturated rings. The van der Waals surface area contributed by atoms with Gasteiger partial charge in [-0.05, 0) is 36.8 Å². The first-order chi connectivity index (χ1) is 11.1. The van der Waals surface area contributed by atoms with Crippen LogP contribution in [0.1, 0.15) is 40.6 Å². The summed E-state index contributed by atoms with van der Waals surface area (Å²) < 4.78 is 13.1. The van der Waals surface area contributed by atoms with Crippen molar-refractivity contribution in [2.75, 3.05) is 11.9 Å². The van der Waals surface area contributed by atoms with Crippen molar-refractivity contribution in [3.63, 3.8) is 0 Å². The zero-order valence-corrected chi connectivity index (χ0v) is 12.8. The van der Waals surface area contributed by atoms with E-state index in [9.17, 15) is 14.0 Å². The van der Waals surface area contributed by atoms with E-state index in [-0.39, 0.29) is 17.2 Å². The Morgan fingerprint density at radius 2 is 2.00 bits per heavy atom. The Balaban J connectivity index is 2.06. The van der Waals surface area contributed by atoms with Gasteiger partial charge >= 0.3 is 0 Å². The molecule has 2 rings (SSSR count). The molecule has 0 aliphatic rings. The van der Waals surface area contributed by atoms with Crippen LogP contribution in [0.15, 0.2) is 42.6 Å². The summed E-state index contributed by atoms with van der Waals surface area (Å²) in [7, 11) is 0. The van der Waals surface area contributed by atoms with Gasteiger partial charge in [0.25, 0.3) is 11.8 Å². The van der Waals surface area contributed by atoms with Crippen molar-refractivity contribution >= 4 is 17.5 Å². The summed E-state index contributed by atoms with van der Waals surface area (Å²) in [6, 6.07) is 8.51. The Morgan fingerprint density at radius 3 is 2.74 bits per heavy atom. The quantitative estimate of drug-likeness (QED) is 0.805. The van der Waals surface area contributed by atoms with Crippen molar-refractivity contribution in [1.82, 2.24) is 10.3 Å². The zero-order chi connectivity index (χ0) is 16.7. The van der Waals surface area contributed by atoms with Crippen LogP contribution in [0.25, 0.3) is 0 Å². The number of hydrogen-bond acceptors (Lipinski definition) is 3. The minimum atomic E-state index is -0.437. The molecule has 120 valence electrons. The minimum absolute atomic E-state index is 0.174. The highest BCUT2D eigenvalue weighted by Crippen LogP contribution is 2.11. The van der Waals surface area contributed by atoms with E-state index < -0.39 is 11.7 Å². The maximum Gasteiger partial charge on any atom is 0.269 e. The molecule has 0 saturated carbocycles. The molecule has 0 aliphatic heterocycles. The van der Waals surface area contributed by atoms with Crippen molar-refractivity contribution in [3.8, 4) is 0 Å². The molecular formula is C17H18FN3O2. The van der Waals surface area contributed by atoms with Crippen molar-refractivity contribution in [1.29, 1.82) is 0 Å². The molecule has 6 heteroatoms. The third-order valence-corrected chi connectivity index (χ3v) is 3.15. The third kappa shape index (κ3) is 4.88. The highest BCUT2D eigenvalue weighted by atomic mass is 19.1. The van der Waals surface area contributed by atoms with Crippen molar-refractivity contribution in [2.24, 2.45) is 0 Å². The molecule has 0 saturated heterocycles. The number of aromatic nitrogens is 1. The summed E-state index contributed by atoms with van der Waals surface area (Å²) in [4.78, 5) is 28.1. The Kier molecular flexibility index (Phi) is 5.80. The van der Waals surface area contributed by atoms with E-state index in [0.717, 1.165) is 12.8 Å². The molecule has 1 heterocycles. The number of carbonyl (C=O) groups excluding carboxylic acids is 2. The van der Waals surface area contributed by atoms with E-state index >= 15 is 0 Å². The number of hydrogen-bond donors (Lipinski definition) is 2. The molecule has 0 radical (unpaired) electrons. The van der Waals surface area contributed by atoms with Gasteiger partial charge in [-0.3, -0.25) is 14.6 Å². The highest BCUT2D eigenvalue weighted by Gasteiger charge is 2.12. The summed E-state index contributed by atoms with van der Waals surface area (Å²) in [5.41, 5.74) is 0.804. The SMILES string of the molecule is CCCCNC(=O)c1cc(C(=O)Nc2cccc(F)c2)ccn1. The lowest BCUT2D eigenvalue weighted by Crippen LogP contribution is -2.25. The fourth-order valence-corrected chi connectivity index (χ4v) is 1.93. The Labute approximate surface area is 133 Å². The van der Waals surface area contributed by atoms with Crippen LogP contribution in [0.3, 0.4) is 0 Å². The van der Waals surface area contributed by atoms with Gasteiger partial charge in [0.2, 0.25) is 0 Å². The number of pyridine rings is 1. The lowest BCUT2D eigenvalue weighted by atomic mass is 10.2. The van der Waals surface area contributed by atoms with Crippen LogP contribution in [0.5, 0.6) is 0 Å². The number of carbonyl (C=O) groups is 2. The number of halogens is 1. The molecule has 0 spiro atoms. The maximum absolute atomic E-state index is 13.1. The van der Waals surface area contributed by atoms with Gasteiger partial charge in [-0.2, -0.15) is 0 Å². The van der Waals surface area contributed by atoms with Gasteiger partial charge in [0.05, 0.1) is 0 Å². The van der Waals surface area contributed by atoms with E-state index in [0.29, 0.717) is 12.2 Å². The number of benzene rings is 1. The number of anilines is 1. The lowest BCUT2D eigenvalue weighted by molar-refractivity contribution is 0.0948. The molecule has 0 unspecified atom stereocenters. The normalized spacial score (nSPS) is 10.2. The molecule has 1 aromatic heterocycles. The first-order valence-corrected chi connectivity index (χ1v) is 7.41. The van der Waals surface area contributed by atoms with Crippen molar-refractivity contribution in [3.05, 3.63) is 59.7 Å². The summed E-state index contributed by atoms with van der Waals surface area (Å²) in [5, 5.41) is 5.32. The molecule has 5 nitrogen and oxygen atoms in total. The van der Waals surface area contributed by atoms with Crippen LogP contribution in [-0.4, -0.2) is 23.3 Å². The summed E-state index contributed by atoms with van der Waals surface area (Å²) in [5.74, 6) is -1.19. The standard InChI is InChI=1S/C17H18FN3O2/c1-2-3-8-20-17(23)15-10-12(7-9-19-15)16(22)21-14-6-4-5-13(18)11-14/h4-7,9-11H,2-3,8H2,1H3,(H,20,23)(H,21,22). The molecule has 2 amide bonds. The van der Waals surface area contributed by atoms with Gasteiger partial charge in [0.15, 0.2) is 0 Å². The average molecular weight is 315 g/mol. The summed E-state index contributed by atoms with van der Waals surface area (Å²) in [6.45, 7) is 2.60. The van der Waals surface area contributed by atoms with E-state index in [2.05, 4.69) is 15.6 Å². The largest absolute Gasteiger partial charge is 0.351 e. The first-order valence-electron chi connectivity index (χ1n) is 7.41. The molecule has 2 N–H and O–H groups in total. The van der Waals surface area contributed by atoms with E-state index in [1.807, 2.05) is 6.92 Å². The van der Waals surface area contributed by atoms with Crippen LogP contribution in [0, 0.1) is 5.82 Å². The molecule has 1 aromatic carbocycles. The van der Waals surface area contributed by atoms with Gasteiger partial charge in [0.1, 0.15) is 11.5 Å². The number of rotatable bonds is 6. The zero-order valence-electron chi connectivity index (χ0n) is 12.8. The summed E-state index contributed by atoms with van der Waals surface area (Å²) >= 11 is 0. The van der Waals surface area contributed by atoms with Gasteiger partial charge < -0.3 is 10.6 Å². The van der Waals surface area contributed by atoms with Crippen LogP contribution in [-0.2, 0) is 0 Å². The van der Waals surface area contributed by atoms with Gasteiger partial charge in [-0.25, -0.2) is 4.39 Å². The fraction of sp³-hybridized carbons (Fsp3) is 0.235. The van der Waals surface area contributed by atoms with E-state index in [4.69, 9.17) is 0 Å². The number of unbranched alkanes of at least 4 members (excludes halogenated alkanes) is 1. The molecule has 0 atom stereocenters. The lowest BCUT2D eigenvalue weighted by Gasteiger charge is -2.07. The predicted molar refractivity (Wildman–Crippen MR) is 85.8 cm³/mol. The van der Waals surface area contributed by atoms with Crippen molar-refractivity contribution < 1.29 is 14.0 Å². The second kappa shape index (κ2) is 8.03. The molecular weight excluding hydrogens is 297 g/mol. The molecule has 23 heavy (non-hydrogen) atoms. The second-order valence-electron chi connectivity index (χ2n) is 5.00. The summed E-state index contributed by atoms with van der Waals surface area (Å²) in [6.07, 6.45) is 3.25. The fourth-order valence-electron chi connectivity index (χ4n) is 1.93. The Hall–Kier alpha value is -2.76. The van der Waals surface area contributed by atoms with E-state index in [1.165, 1.54) is 36.5 Å². The second-order valence-corrected chi connectivity index (χ2v) is 5.00. The van der Waals surface area contributed by atoms with Crippen LogP contribution >= 0.6 is 0 Å². The maximum atomic E-state index is 13.1. The number of nitrogens with one attached hydrogen (secondary N) is 2. The monoisotopic (exact) mass is 315 g/mol. The third-order valence-electron chi connectivity index (χ3n) is 3.15. The van der Waals surface area contributed by atoms with Gasteiger partial charge in [0, 0.05) is 24.0 Å². The smallest absolute Gasteiger partial charge is 0.269 e. The molecule has 0 aliphatic carbocycles. The van der Waals surface area contributed by atoms with E-state index in [1.54, 1.807) is 6.07 Å². The van der Waals surface area contributed by atoms with Crippen LogP contribution in [0.4, 0.5) is 10.1 Å². The highest BCUT2D eigenvalue weighted by molar-refractivity contribution is 6.05. The number of amides is 2. The van der Waals surface area contributed by atoms with Gasteiger partial charge in [-0.1, -0.05) is 19.4 Å². The van der Waals surface area contributed by atoms with Crippen LogP contribution in [0.2, 0.25) is 0 Å². The predicted octanol–water partition coefficient (Wildman–Crippen LogP) is 3.00.